The van der Waals surface area contributed by atoms with Crippen molar-refractivity contribution in [2.24, 2.45) is 0 Å². The van der Waals surface area contributed by atoms with Crippen molar-refractivity contribution < 1.29 is 4.79 Å². The van der Waals surface area contributed by atoms with E-state index in [1.54, 1.807) is 25.4 Å². The van der Waals surface area contributed by atoms with Gasteiger partial charge in [-0.25, -0.2) is 9.97 Å². The van der Waals surface area contributed by atoms with Crippen LogP contribution in [0.3, 0.4) is 0 Å². The van der Waals surface area contributed by atoms with E-state index in [1.807, 2.05) is 13.0 Å². The Labute approximate surface area is 104 Å². The van der Waals surface area contributed by atoms with E-state index in [4.69, 9.17) is 5.73 Å². The molecule has 0 unspecified atom stereocenters. The summed E-state index contributed by atoms with van der Waals surface area (Å²) in [5, 5.41) is 2.73. The Balaban J connectivity index is 2.25. The number of aromatic nitrogens is 3. The molecule has 0 fully saturated rings. The molecule has 0 bridgehead atoms. The molecule has 0 aromatic carbocycles. The summed E-state index contributed by atoms with van der Waals surface area (Å²) in [5.74, 6) is -0.244. The van der Waals surface area contributed by atoms with Crippen LogP contribution in [0.2, 0.25) is 0 Å². The highest BCUT2D eigenvalue weighted by atomic mass is 16.1. The topological polar surface area (TPSA) is 93.8 Å². The summed E-state index contributed by atoms with van der Waals surface area (Å²) in [7, 11) is 0. The Kier molecular flexibility index (Phi) is 3.18. The van der Waals surface area contributed by atoms with Crippen LogP contribution >= 0.6 is 0 Å². The number of nitrogens with two attached hydrogens (primary N) is 1. The molecule has 6 nitrogen and oxygen atoms in total. The first-order valence-electron chi connectivity index (χ1n) is 5.39. The van der Waals surface area contributed by atoms with Crippen molar-refractivity contribution in [3.63, 3.8) is 0 Å². The van der Waals surface area contributed by atoms with E-state index in [1.165, 1.54) is 0 Å². The SMILES string of the molecule is Cc1cc(C(=O)Nc2cnccc2C)nc(N)n1. The van der Waals surface area contributed by atoms with Gasteiger partial charge in [0, 0.05) is 11.9 Å². The van der Waals surface area contributed by atoms with E-state index >= 15 is 0 Å². The molecule has 0 spiro atoms. The monoisotopic (exact) mass is 243 g/mol. The zero-order valence-corrected chi connectivity index (χ0v) is 10.1. The first-order valence-corrected chi connectivity index (χ1v) is 5.39. The number of anilines is 2. The number of nitrogen functional groups attached to an aromatic ring is 1. The van der Waals surface area contributed by atoms with Crippen molar-refractivity contribution in [2.45, 2.75) is 13.8 Å². The van der Waals surface area contributed by atoms with Gasteiger partial charge in [0.15, 0.2) is 0 Å². The second kappa shape index (κ2) is 4.79. The van der Waals surface area contributed by atoms with E-state index < -0.39 is 0 Å². The van der Waals surface area contributed by atoms with Crippen molar-refractivity contribution in [1.82, 2.24) is 15.0 Å². The molecule has 0 saturated carbocycles. The maximum absolute atomic E-state index is 12.0. The fraction of sp³-hybridized carbons (Fsp3) is 0.167. The number of nitrogens with one attached hydrogen (secondary N) is 1. The van der Waals surface area contributed by atoms with Crippen LogP contribution in [-0.4, -0.2) is 20.9 Å². The molecule has 3 N–H and O–H groups in total. The van der Waals surface area contributed by atoms with Crippen LogP contribution in [0.25, 0.3) is 0 Å². The van der Waals surface area contributed by atoms with Crippen molar-refractivity contribution in [3.05, 3.63) is 41.5 Å². The lowest BCUT2D eigenvalue weighted by molar-refractivity contribution is 0.102. The number of nitrogens with zero attached hydrogens (tertiary/aromatic N) is 3. The van der Waals surface area contributed by atoms with E-state index in [-0.39, 0.29) is 17.5 Å². The quantitative estimate of drug-likeness (QED) is 0.829. The highest BCUT2D eigenvalue weighted by Crippen LogP contribution is 2.13. The summed E-state index contributed by atoms with van der Waals surface area (Å²) < 4.78 is 0. The smallest absolute Gasteiger partial charge is 0.274 e. The van der Waals surface area contributed by atoms with E-state index in [9.17, 15) is 4.79 Å². The van der Waals surface area contributed by atoms with Gasteiger partial charge in [0.05, 0.1) is 11.9 Å². The summed E-state index contributed by atoms with van der Waals surface area (Å²) in [6, 6.07) is 3.40. The number of hydrogen-bond donors (Lipinski definition) is 2. The van der Waals surface area contributed by atoms with Gasteiger partial charge in [0.2, 0.25) is 5.95 Å². The first kappa shape index (κ1) is 12.0. The van der Waals surface area contributed by atoms with Crippen LogP contribution in [-0.2, 0) is 0 Å². The average Bonchev–Trinajstić information content (AvgIpc) is 2.31. The maximum Gasteiger partial charge on any atom is 0.274 e. The van der Waals surface area contributed by atoms with Crippen LogP contribution in [0.15, 0.2) is 24.5 Å². The zero-order valence-electron chi connectivity index (χ0n) is 10.1. The number of hydrogen-bond acceptors (Lipinski definition) is 5. The highest BCUT2D eigenvalue weighted by Gasteiger charge is 2.10. The number of carbonyl (C=O) groups is 1. The van der Waals surface area contributed by atoms with Crippen molar-refractivity contribution >= 4 is 17.5 Å². The first-order chi connectivity index (χ1) is 8.56. The second-order valence-corrected chi connectivity index (χ2v) is 3.90. The molecule has 18 heavy (non-hydrogen) atoms. The average molecular weight is 243 g/mol. The summed E-state index contributed by atoms with van der Waals surface area (Å²) in [6.07, 6.45) is 3.25. The van der Waals surface area contributed by atoms with Gasteiger partial charge < -0.3 is 11.1 Å². The van der Waals surface area contributed by atoms with Gasteiger partial charge >= 0.3 is 0 Å². The Hall–Kier alpha value is -2.50. The van der Waals surface area contributed by atoms with Gasteiger partial charge in [-0.15, -0.1) is 0 Å². The van der Waals surface area contributed by atoms with Crippen LogP contribution in [0.4, 0.5) is 11.6 Å². The molecule has 6 heteroatoms. The summed E-state index contributed by atoms with van der Waals surface area (Å²) in [5.41, 5.74) is 7.97. The molecule has 0 radical (unpaired) electrons. The predicted molar refractivity (Wildman–Crippen MR) is 68.1 cm³/mol. The number of carbonyl (C=O) groups excluding carboxylic acids is 1. The molecule has 0 saturated heterocycles. The molecule has 2 rings (SSSR count). The van der Waals surface area contributed by atoms with Crippen LogP contribution in [0.1, 0.15) is 21.7 Å². The summed E-state index contributed by atoms with van der Waals surface area (Å²) >= 11 is 0. The molecule has 1 amide bonds. The van der Waals surface area contributed by atoms with E-state index in [0.717, 1.165) is 5.56 Å². The molecule has 0 aliphatic heterocycles. The molecular formula is C12H13N5O. The van der Waals surface area contributed by atoms with Gasteiger partial charge in [-0.1, -0.05) is 0 Å². The fourth-order valence-electron chi connectivity index (χ4n) is 1.49. The molecule has 0 atom stereocenters. The molecule has 2 aromatic heterocycles. The van der Waals surface area contributed by atoms with E-state index in [0.29, 0.717) is 11.4 Å². The minimum atomic E-state index is -0.330. The number of pyridine rings is 1. The van der Waals surface area contributed by atoms with Crippen LogP contribution in [0.5, 0.6) is 0 Å². The Morgan fingerprint density at radius 1 is 1.33 bits per heavy atom. The van der Waals surface area contributed by atoms with Crippen LogP contribution in [0, 0.1) is 13.8 Å². The van der Waals surface area contributed by atoms with Gasteiger partial charge in [0.25, 0.3) is 5.91 Å². The lowest BCUT2D eigenvalue weighted by Gasteiger charge is -2.07. The Morgan fingerprint density at radius 3 is 2.78 bits per heavy atom. The molecule has 2 aromatic rings. The molecule has 92 valence electrons. The highest BCUT2D eigenvalue weighted by molar-refractivity contribution is 6.03. The second-order valence-electron chi connectivity index (χ2n) is 3.90. The molecule has 2 heterocycles. The van der Waals surface area contributed by atoms with Gasteiger partial charge in [-0.2, -0.15) is 0 Å². The maximum atomic E-state index is 12.0. The van der Waals surface area contributed by atoms with Gasteiger partial charge in [-0.3, -0.25) is 9.78 Å². The zero-order chi connectivity index (χ0) is 13.1. The summed E-state index contributed by atoms with van der Waals surface area (Å²) in [4.78, 5) is 23.8. The van der Waals surface area contributed by atoms with Gasteiger partial charge in [0.1, 0.15) is 5.69 Å². The fourth-order valence-corrected chi connectivity index (χ4v) is 1.49. The number of amides is 1. The minimum absolute atomic E-state index is 0.0862. The molecule has 0 aliphatic carbocycles. The standard InChI is InChI=1S/C12H13N5O/c1-7-3-4-14-6-10(7)16-11(18)9-5-8(2)15-12(13)17-9/h3-6H,1-2H3,(H,16,18)(H2,13,15,17). The molecular weight excluding hydrogens is 230 g/mol. The third-order valence-electron chi connectivity index (χ3n) is 2.39. The largest absolute Gasteiger partial charge is 0.368 e. The Morgan fingerprint density at radius 2 is 2.11 bits per heavy atom. The van der Waals surface area contributed by atoms with E-state index in [2.05, 4.69) is 20.3 Å². The van der Waals surface area contributed by atoms with Crippen molar-refractivity contribution in [3.8, 4) is 0 Å². The third kappa shape index (κ3) is 2.60. The van der Waals surface area contributed by atoms with Crippen molar-refractivity contribution in [1.29, 1.82) is 0 Å². The number of aryl methyl sites for hydroxylation is 2. The lowest BCUT2D eigenvalue weighted by Crippen LogP contribution is -2.16. The summed E-state index contributed by atoms with van der Waals surface area (Å²) in [6.45, 7) is 3.64. The van der Waals surface area contributed by atoms with Crippen molar-refractivity contribution in [2.75, 3.05) is 11.1 Å². The Bertz CT molecular complexity index is 577. The predicted octanol–water partition coefficient (Wildman–Crippen LogP) is 1.32. The lowest BCUT2D eigenvalue weighted by atomic mass is 10.2. The third-order valence-corrected chi connectivity index (χ3v) is 2.39. The molecule has 0 aliphatic rings. The number of rotatable bonds is 2. The van der Waals surface area contributed by atoms with Gasteiger partial charge in [-0.05, 0) is 31.5 Å². The van der Waals surface area contributed by atoms with Crippen LogP contribution < -0.4 is 11.1 Å². The normalized spacial score (nSPS) is 10.1. The minimum Gasteiger partial charge on any atom is -0.368 e.